The average Bonchev–Trinajstić information content (AvgIpc) is 2.90. The van der Waals surface area contributed by atoms with E-state index >= 15 is 0 Å². The lowest BCUT2D eigenvalue weighted by Gasteiger charge is -2.10. The van der Waals surface area contributed by atoms with Gasteiger partial charge in [0.1, 0.15) is 5.75 Å². The lowest BCUT2D eigenvalue weighted by Crippen LogP contribution is -2.24. The van der Waals surface area contributed by atoms with Gasteiger partial charge in [0.25, 0.3) is 5.91 Å². The van der Waals surface area contributed by atoms with Crippen LogP contribution in [-0.2, 0) is 4.79 Å². The highest BCUT2D eigenvalue weighted by Crippen LogP contribution is 2.32. The van der Waals surface area contributed by atoms with Crippen LogP contribution in [0.1, 0.15) is 11.3 Å². The molecule has 1 heterocycles. The molecule has 0 aliphatic carbocycles. The third-order valence-corrected chi connectivity index (χ3v) is 3.60. The number of H-pyrrole nitrogens is 1. The van der Waals surface area contributed by atoms with E-state index in [-0.39, 0.29) is 12.5 Å². The first kappa shape index (κ1) is 15.8. The van der Waals surface area contributed by atoms with Crippen LogP contribution in [0, 0.1) is 6.92 Å². The van der Waals surface area contributed by atoms with Gasteiger partial charge in [0.05, 0.1) is 16.4 Å². The minimum absolute atomic E-state index is 0.108. The summed E-state index contributed by atoms with van der Waals surface area (Å²) in [5.41, 5.74) is 4.14. The molecule has 0 saturated heterocycles. The number of aryl methyl sites for hydroxylation is 1. The zero-order valence-corrected chi connectivity index (χ0v) is 14.4. The van der Waals surface area contributed by atoms with Crippen LogP contribution in [0.4, 0.5) is 0 Å². The van der Waals surface area contributed by atoms with Crippen molar-refractivity contribution in [3.8, 4) is 5.75 Å². The molecule has 7 heteroatoms. The summed E-state index contributed by atoms with van der Waals surface area (Å²) in [6.45, 7) is 1.80. The zero-order chi connectivity index (χ0) is 15.2. The molecule has 5 nitrogen and oxygen atoms in total. The van der Waals surface area contributed by atoms with Crippen molar-refractivity contribution in [2.75, 3.05) is 6.61 Å². The maximum Gasteiger partial charge on any atom is 0.277 e. The van der Waals surface area contributed by atoms with E-state index in [1.807, 2.05) is 31.2 Å². The maximum absolute atomic E-state index is 11.6. The number of rotatable bonds is 5. The molecule has 0 saturated carbocycles. The van der Waals surface area contributed by atoms with Crippen molar-refractivity contribution in [3.63, 3.8) is 0 Å². The number of hydrazone groups is 1. The number of amides is 1. The van der Waals surface area contributed by atoms with E-state index in [9.17, 15) is 4.79 Å². The highest BCUT2D eigenvalue weighted by Gasteiger charge is 2.09. The summed E-state index contributed by atoms with van der Waals surface area (Å²) in [5.74, 6) is 0.314. The monoisotopic (exact) mass is 413 g/mol. The molecule has 110 valence electrons. The Bertz CT molecular complexity index is 631. The first-order valence-corrected chi connectivity index (χ1v) is 7.68. The summed E-state index contributed by atoms with van der Waals surface area (Å²) in [5, 5.41) is 3.83. The molecule has 0 aliphatic heterocycles. The van der Waals surface area contributed by atoms with Gasteiger partial charge < -0.3 is 9.72 Å². The number of benzene rings is 1. The van der Waals surface area contributed by atoms with Crippen molar-refractivity contribution in [1.29, 1.82) is 0 Å². The molecule has 0 aliphatic rings. The Balaban J connectivity index is 1.87. The Morgan fingerprint density at radius 3 is 2.95 bits per heavy atom. The minimum atomic E-state index is -0.327. The third-order valence-electron chi connectivity index (χ3n) is 2.56. The third kappa shape index (κ3) is 4.71. The van der Waals surface area contributed by atoms with Crippen LogP contribution < -0.4 is 10.2 Å². The van der Waals surface area contributed by atoms with Gasteiger partial charge in [0.2, 0.25) is 0 Å². The van der Waals surface area contributed by atoms with Crippen LogP contribution in [-0.4, -0.2) is 23.7 Å². The predicted octanol–water partition coefficient (Wildman–Crippen LogP) is 3.38. The number of nitrogens with zero attached hydrogens (tertiary/aromatic N) is 1. The highest BCUT2D eigenvalue weighted by molar-refractivity contribution is 9.11. The molecular weight excluding hydrogens is 402 g/mol. The summed E-state index contributed by atoms with van der Waals surface area (Å²) in [6.07, 6.45) is 3.30. The molecule has 1 aromatic heterocycles. The Morgan fingerprint density at radius 2 is 2.29 bits per heavy atom. The number of hydrogen-bond acceptors (Lipinski definition) is 3. The summed E-state index contributed by atoms with van der Waals surface area (Å²) in [4.78, 5) is 14.6. The van der Waals surface area contributed by atoms with E-state index in [1.54, 1.807) is 6.20 Å². The number of nitrogens with one attached hydrogen (secondary N) is 2. The summed E-state index contributed by atoms with van der Waals surface area (Å²) in [7, 11) is 0. The zero-order valence-electron chi connectivity index (χ0n) is 11.2. The number of halogens is 2. The van der Waals surface area contributed by atoms with Gasteiger partial charge in [-0.3, -0.25) is 4.79 Å². The van der Waals surface area contributed by atoms with Crippen molar-refractivity contribution < 1.29 is 9.53 Å². The smallest absolute Gasteiger partial charge is 0.277 e. The molecule has 0 atom stereocenters. The van der Waals surface area contributed by atoms with Crippen molar-refractivity contribution in [2.45, 2.75) is 6.92 Å². The Kier molecular flexibility index (Phi) is 5.58. The van der Waals surface area contributed by atoms with Crippen molar-refractivity contribution in [2.24, 2.45) is 5.10 Å². The molecule has 1 aromatic carbocycles. The topological polar surface area (TPSA) is 66.5 Å². The van der Waals surface area contributed by atoms with E-state index in [0.29, 0.717) is 5.75 Å². The van der Waals surface area contributed by atoms with Crippen molar-refractivity contribution in [3.05, 3.63) is 50.7 Å². The second-order valence-corrected chi connectivity index (χ2v) is 6.01. The van der Waals surface area contributed by atoms with Gasteiger partial charge in [-0.1, -0.05) is 15.9 Å². The minimum Gasteiger partial charge on any atom is -0.482 e. The van der Waals surface area contributed by atoms with E-state index in [0.717, 1.165) is 20.2 Å². The average molecular weight is 415 g/mol. The lowest BCUT2D eigenvalue weighted by molar-refractivity contribution is -0.123. The molecule has 1 amide bonds. The number of carbonyl (C=O) groups is 1. The molecule has 21 heavy (non-hydrogen) atoms. The molecular formula is C14H13Br2N3O2. The van der Waals surface area contributed by atoms with Crippen LogP contribution in [0.15, 0.2) is 44.5 Å². The van der Waals surface area contributed by atoms with Gasteiger partial charge in [0, 0.05) is 10.7 Å². The first-order valence-electron chi connectivity index (χ1n) is 6.10. The highest BCUT2D eigenvalue weighted by atomic mass is 79.9. The quantitative estimate of drug-likeness (QED) is 0.581. The number of ether oxygens (including phenoxy) is 1. The number of carbonyl (C=O) groups excluding carboxylic acids is 1. The SMILES string of the molecule is Cc1cc(Br)cc(Br)c1OCC(=O)N/N=C/c1ccc[nH]1. The van der Waals surface area contributed by atoms with Gasteiger partial charge in [-0.2, -0.15) is 5.10 Å². The maximum atomic E-state index is 11.6. The Morgan fingerprint density at radius 1 is 1.48 bits per heavy atom. The normalized spacial score (nSPS) is 10.8. The number of hydrogen-bond donors (Lipinski definition) is 2. The van der Waals surface area contributed by atoms with Gasteiger partial charge in [0.15, 0.2) is 6.61 Å². The Hall–Kier alpha value is -1.60. The van der Waals surface area contributed by atoms with Crippen LogP contribution in [0.25, 0.3) is 0 Å². The predicted molar refractivity (Wildman–Crippen MR) is 88.6 cm³/mol. The summed E-state index contributed by atoms with van der Waals surface area (Å²) in [6, 6.07) is 7.47. The Labute approximate surface area is 139 Å². The standard InChI is InChI=1S/C14H13Br2N3O2/c1-9-5-10(15)6-12(16)14(9)21-8-13(20)19-18-7-11-3-2-4-17-11/h2-7,17H,8H2,1H3,(H,19,20)/b18-7+. The molecule has 0 unspecified atom stereocenters. The van der Waals surface area contributed by atoms with Gasteiger partial charge in [-0.05, 0) is 52.7 Å². The van der Waals surface area contributed by atoms with Crippen molar-refractivity contribution in [1.82, 2.24) is 10.4 Å². The second kappa shape index (κ2) is 7.42. The summed E-state index contributed by atoms with van der Waals surface area (Å²) >= 11 is 6.80. The van der Waals surface area contributed by atoms with Gasteiger partial charge in [-0.25, -0.2) is 5.43 Å². The molecule has 0 fully saturated rings. The van der Waals surface area contributed by atoms with E-state index < -0.39 is 0 Å². The molecule has 0 spiro atoms. The van der Waals surface area contributed by atoms with E-state index in [4.69, 9.17) is 4.74 Å². The summed E-state index contributed by atoms with van der Waals surface area (Å²) < 4.78 is 7.24. The molecule has 0 radical (unpaired) electrons. The fourth-order valence-electron chi connectivity index (χ4n) is 1.64. The van der Waals surface area contributed by atoms with Crippen LogP contribution in [0.2, 0.25) is 0 Å². The van der Waals surface area contributed by atoms with Crippen LogP contribution in [0.3, 0.4) is 0 Å². The lowest BCUT2D eigenvalue weighted by atomic mass is 10.2. The molecule has 0 bridgehead atoms. The van der Waals surface area contributed by atoms with E-state index in [2.05, 4.69) is 47.4 Å². The first-order chi connectivity index (χ1) is 10.1. The van der Waals surface area contributed by atoms with Crippen LogP contribution >= 0.6 is 31.9 Å². The largest absolute Gasteiger partial charge is 0.482 e. The number of aromatic amines is 1. The van der Waals surface area contributed by atoms with Crippen LogP contribution in [0.5, 0.6) is 5.75 Å². The van der Waals surface area contributed by atoms with Crippen molar-refractivity contribution >= 4 is 44.0 Å². The molecule has 2 rings (SSSR count). The molecule has 2 aromatic rings. The van der Waals surface area contributed by atoms with Gasteiger partial charge in [-0.15, -0.1) is 0 Å². The number of aromatic nitrogens is 1. The van der Waals surface area contributed by atoms with Gasteiger partial charge >= 0.3 is 0 Å². The fraction of sp³-hybridized carbons (Fsp3) is 0.143. The van der Waals surface area contributed by atoms with E-state index in [1.165, 1.54) is 6.21 Å². The fourth-order valence-corrected chi connectivity index (χ4v) is 3.19. The second-order valence-electron chi connectivity index (χ2n) is 4.24. The molecule has 2 N–H and O–H groups in total.